The smallest absolute Gasteiger partial charge is 0.307 e. The first-order valence-electron chi connectivity index (χ1n) is 3.69. The average molecular weight is 156 g/mol. The number of Topliss-reactive ketones (excluding diaryl/α,β-unsaturated/α-hetero) is 1. The number of ether oxygens (including phenoxy) is 1. The largest absolute Gasteiger partial charge is 0.451 e. The van der Waals surface area contributed by atoms with E-state index in [2.05, 4.69) is 0 Å². The van der Waals surface area contributed by atoms with E-state index in [4.69, 9.17) is 4.74 Å². The van der Waals surface area contributed by atoms with Crippen LogP contribution in [-0.2, 0) is 14.3 Å². The highest BCUT2D eigenvalue weighted by molar-refractivity contribution is 5.90. The molecule has 62 valence electrons. The Morgan fingerprint density at radius 1 is 1.73 bits per heavy atom. The maximum atomic E-state index is 11.0. The summed E-state index contributed by atoms with van der Waals surface area (Å²) in [6, 6.07) is 0. The lowest BCUT2D eigenvalue weighted by molar-refractivity contribution is -0.156. The Kier molecular flexibility index (Phi) is 1.74. The quantitative estimate of drug-likeness (QED) is 0.530. The molecule has 1 rings (SSSR count). The summed E-state index contributed by atoms with van der Waals surface area (Å²) in [4.78, 5) is 21.8. The maximum Gasteiger partial charge on any atom is 0.307 e. The van der Waals surface area contributed by atoms with Crippen LogP contribution in [0.15, 0.2) is 0 Å². The molecule has 0 saturated carbocycles. The van der Waals surface area contributed by atoms with Crippen molar-refractivity contribution in [3.8, 4) is 0 Å². The number of hydrogen-bond donors (Lipinski definition) is 0. The van der Waals surface area contributed by atoms with Crippen molar-refractivity contribution in [1.82, 2.24) is 0 Å². The first-order chi connectivity index (χ1) is 4.97. The number of carbonyl (C=O) groups excluding carboxylic acids is 2. The molecule has 1 fully saturated rings. The van der Waals surface area contributed by atoms with Crippen LogP contribution in [0.4, 0.5) is 0 Å². The van der Waals surface area contributed by atoms with Gasteiger partial charge in [-0.2, -0.15) is 0 Å². The van der Waals surface area contributed by atoms with E-state index in [9.17, 15) is 9.59 Å². The zero-order chi connectivity index (χ0) is 8.65. The molecule has 1 aliphatic rings. The van der Waals surface area contributed by atoms with Crippen LogP contribution in [0.2, 0.25) is 0 Å². The highest BCUT2D eigenvalue weighted by Gasteiger charge is 2.46. The summed E-state index contributed by atoms with van der Waals surface area (Å²) in [6.07, 6.45) is 0.357. The van der Waals surface area contributed by atoms with Gasteiger partial charge in [-0.1, -0.05) is 6.92 Å². The van der Waals surface area contributed by atoms with Crippen molar-refractivity contribution in [2.75, 3.05) is 0 Å². The molecule has 1 aliphatic heterocycles. The van der Waals surface area contributed by atoms with E-state index >= 15 is 0 Å². The van der Waals surface area contributed by atoms with Crippen molar-refractivity contribution in [3.63, 3.8) is 0 Å². The average Bonchev–Trinajstić information content (AvgIpc) is 2.08. The topological polar surface area (TPSA) is 43.4 Å². The highest BCUT2D eigenvalue weighted by atomic mass is 16.6. The number of esters is 1. The minimum absolute atomic E-state index is 0.00694. The molecule has 0 spiro atoms. The van der Waals surface area contributed by atoms with Crippen molar-refractivity contribution >= 4 is 11.8 Å². The second kappa shape index (κ2) is 2.32. The molecule has 0 amide bonds. The predicted octanol–water partition coefficient (Wildman–Crippen LogP) is 0.917. The van der Waals surface area contributed by atoms with E-state index in [-0.39, 0.29) is 17.7 Å². The number of ketones is 1. The third kappa shape index (κ3) is 1.15. The fourth-order valence-corrected chi connectivity index (χ4v) is 1.24. The van der Waals surface area contributed by atoms with Crippen LogP contribution in [0.5, 0.6) is 0 Å². The van der Waals surface area contributed by atoms with Gasteiger partial charge < -0.3 is 4.74 Å². The van der Waals surface area contributed by atoms with E-state index in [1.807, 2.05) is 6.92 Å². The van der Waals surface area contributed by atoms with E-state index in [0.29, 0.717) is 6.42 Å². The first kappa shape index (κ1) is 8.24. The Bertz CT molecular complexity index is 209. The van der Waals surface area contributed by atoms with Gasteiger partial charge in [0, 0.05) is 5.92 Å². The number of cyclic esters (lactones) is 1. The lowest BCUT2D eigenvalue weighted by atomic mass is 9.88. The molecule has 0 bridgehead atoms. The summed E-state index contributed by atoms with van der Waals surface area (Å²) in [5.74, 6) is -0.335. The molecule has 2 unspecified atom stereocenters. The Balaban J connectivity index is 2.87. The van der Waals surface area contributed by atoms with Gasteiger partial charge >= 0.3 is 5.97 Å². The maximum absolute atomic E-state index is 11.0. The van der Waals surface area contributed by atoms with Crippen molar-refractivity contribution in [3.05, 3.63) is 0 Å². The molecule has 11 heavy (non-hydrogen) atoms. The third-order valence-corrected chi connectivity index (χ3v) is 2.44. The molecule has 1 heterocycles. The normalized spacial score (nSPS) is 37.0. The van der Waals surface area contributed by atoms with Gasteiger partial charge in [-0.15, -0.1) is 0 Å². The summed E-state index contributed by atoms with van der Waals surface area (Å²) in [7, 11) is 0. The molecule has 3 nitrogen and oxygen atoms in total. The first-order valence-corrected chi connectivity index (χ1v) is 3.69. The van der Waals surface area contributed by atoms with Crippen LogP contribution in [-0.4, -0.2) is 17.4 Å². The van der Waals surface area contributed by atoms with Gasteiger partial charge in [0.05, 0.1) is 6.42 Å². The molecular formula is C8H12O3. The Morgan fingerprint density at radius 2 is 2.27 bits per heavy atom. The fraction of sp³-hybridized carbons (Fsp3) is 0.750. The molecule has 0 N–H and O–H groups in total. The second-order valence-electron chi connectivity index (χ2n) is 3.24. The van der Waals surface area contributed by atoms with Gasteiger partial charge in [-0.05, 0) is 13.8 Å². The van der Waals surface area contributed by atoms with Crippen LogP contribution in [0.1, 0.15) is 27.2 Å². The molecule has 0 aliphatic carbocycles. The second-order valence-corrected chi connectivity index (χ2v) is 3.24. The highest BCUT2D eigenvalue weighted by Crippen LogP contribution is 2.32. The molecule has 1 saturated heterocycles. The van der Waals surface area contributed by atoms with Gasteiger partial charge in [0.1, 0.15) is 0 Å². The summed E-state index contributed by atoms with van der Waals surface area (Å²) >= 11 is 0. The minimum atomic E-state index is -0.864. The monoisotopic (exact) mass is 156 g/mol. The van der Waals surface area contributed by atoms with Gasteiger partial charge in [0.25, 0.3) is 0 Å². The summed E-state index contributed by atoms with van der Waals surface area (Å²) in [6.45, 7) is 4.98. The van der Waals surface area contributed by atoms with Crippen LogP contribution >= 0.6 is 0 Å². The van der Waals surface area contributed by atoms with Crippen LogP contribution in [0.3, 0.4) is 0 Å². The number of hydrogen-bond acceptors (Lipinski definition) is 3. The summed E-state index contributed by atoms with van der Waals surface area (Å²) < 4.78 is 4.93. The Morgan fingerprint density at radius 3 is 2.45 bits per heavy atom. The van der Waals surface area contributed by atoms with E-state index in [1.165, 1.54) is 6.92 Å². The van der Waals surface area contributed by atoms with Crippen LogP contribution in [0.25, 0.3) is 0 Å². The van der Waals surface area contributed by atoms with Gasteiger partial charge in [-0.3, -0.25) is 9.59 Å². The lowest BCUT2D eigenvalue weighted by Gasteiger charge is -2.23. The standard InChI is InChI=1S/C8H12O3/c1-5-4-7(10)11-8(5,3)6(2)9/h5H,4H2,1-3H3. The van der Waals surface area contributed by atoms with E-state index < -0.39 is 5.60 Å². The van der Waals surface area contributed by atoms with E-state index in [0.717, 1.165) is 0 Å². The number of rotatable bonds is 1. The lowest BCUT2D eigenvalue weighted by Crippen LogP contribution is -2.38. The van der Waals surface area contributed by atoms with Crippen molar-refractivity contribution < 1.29 is 14.3 Å². The SMILES string of the molecule is CC(=O)C1(C)OC(=O)CC1C. The predicted molar refractivity (Wildman–Crippen MR) is 39.0 cm³/mol. The summed E-state index contributed by atoms with van der Waals surface area (Å²) in [5.41, 5.74) is -0.864. The molecule has 0 aromatic rings. The van der Waals surface area contributed by atoms with Gasteiger partial charge in [-0.25, -0.2) is 0 Å². The molecule has 0 aromatic carbocycles. The number of carbonyl (C=O) groups is 2. The molecule has 3 heteroatoms. The Hall–Kier alpha value is -0.860. The van der Waals surface area contributed by atoms with Crippen LogP contribution < -0.4 is 0 Å². The van der Waals surface area contributed by atoms with Gasteiger partial charge in [0.15, 0.2) is 11.4 Å². The van der Waals surface area contributed by atoms with Crippen molar-refractivity contribution in [1.29, 1.82) is 0 Å². The van der Waals surface area contributed by atoms with Crippen LogP contribution in [0, 0.1) is 5.92 Å². The molecule has 2 atom stereocenters. The van der Waals surface area contributed by atoms with Crippen molar-refractivity contribution in [2.45, 2.75) is 32.8 Å². The van der Waals surface area contributed by atoms with E-state index in [1.54, 1.807) is 6.92 Å². The Labute approximate surface area is 65.7 Å². The molecular weight excluding hydrogens is 144 g/mol. The third-order valence-electron chi connectivity index (χ3n) is 2.44. The summed E-state index contributed by atoms with van der Waals surface area (Å²) in [5, 5.41) is 0. The zero-order valence-electron chi connectivity index (χ0n) is 7.01. The zero-order valence-corrected chi connectivity index (χ0v) is 7.01. The minimum Gasteiger partial charge on any atom is -0.451 e. The molecule has 0 radical (unpaired) electrons. The molecule has 0 aromatic heterocycles. The van der Waals surface area contributed by atoms with Crippen molar-refractivity contribution in [2.24, 2.45) is 5.92 Å². The fourth-order valence-electron chi connectivity index (χ4n) is 1.24. The van der Waals surface area contributed by atoms with Gasteiger partial charge in [0.2, 0.25) is 0 Å².